The molecule has 106 valence electrons. The van der Waals surface area contributed by atoms with Gasteiger partial charge < -0.3 is 10.1 Å². The van der Waals surface area contributed by atoms with Crippen LogP contribution in [0.5, 0.6) is 5.75 Å². The summed E-state index contributed by atoms with van der Waals surface area (Å²) in [6.45, 7) is 10.3. The highest BCUT2D eigenvalue weighted by molar-refractivity contribution is 5.31. The molecule has 1 aromatic rings. The van der Waals surface area contributed by atoms with Gasteiger partial charge in [-0.3, -0.25) is 0 Å². The Bertz CT molecular complexity index is 377. The summed E-state index contributed by atoms with van der Waals surface area (Å²) in [6.07, 6.45) is 4.54. The van der Waals surface area contributed by atoms with Crippen LogP contribution in [0.15, 0.2) is 35.9 Å². The molecule has 19 heavy (non-hydrogen) atoms. The lowest BCUT2D eigenvalue weighted by Crippen LogP contribution is -2.19. The molecule has 1 atom stereocenters. The summed E-state index contributed by atoms with van der Waals surface area (Å²) in [5, 5.41) is 3.48. The molecule has 0 aliphatic heterocycles. The van der Waals surface area contributed by atoms with Gasteiger partial charge >= 0.3 is 0 Å². The summed E-state index contributed by atoms with van der Waals surface area (Å²) in [5.41, 5.74) is 2.61. The summed E-state index contributed by atoms with van der Waals surface area (Å²) in [4.78, 5) is 0. The fourth-order valence-electron chi connectivity index (χ4n) is 1.93. The van der Waals surface area contributed by atoms with Crippen molar-refractivity contribution in [2.24, 2.45) is 0 Å². The van der Waals surface area contributed by atoms with Gasteiger partial charge in [-0.1, -0.05) is 44.1 Å². The maximum Gasteiger partial charge on any atom is 0.119 e. The monoisotopic (exact) mass is 261 g/mol. The Morgan fingerprint density at radius 3 is 2.42 bits per heavy atom. The number of hydrogen-bond acceptors (Lipinski definition) is 2. The zero-order chi connectivity index (χ0) is 14.1. The Balaban J connectivity index is 2.69. The molecule has 1 rings (SSSR count). The molecular weight excluding hydrogens is 234 g/mol. The van der Waals surface area contributed by atoms with Crippen LogP contribution in [0.4, 0.5) is 0 Å². The van der Waals surface area contributed by atoms with Crippen molar-refractivity contribution in [1.82, 2.24) is 5.32 Å². The van der Waals surface area contributed by atoms with Gasteiger partial charge in [0.25, 0.3) is 0 Å². The second kappa shape index (κ2) is 8.76. The standard InChI is InChI=1S/C17H27NO/c1-5-7-12-19-16-10-8-15(9-11-16)17(18-6-2)13-14(3)4/h8-11,13,17-18H,5-7,12H2,1-4H3. The van der Waals surface area contributed by atoms with Gasteiger partial charge in [0.15, 0.2) is 0 Å². The minimum atomic E-state index is 0.291. The SMILES string of the molecule is CCCCOc1ccc(C(C=C(C)C)NCC)cc1. The average molecular weight is 261 g/mol. The van der Waals surface area contributed by atoms with E-state index < -0.39 is 0 Å². The second-order valence-corrected chi connectivity index (χ2v) is 5.05. The Morgan fingerprint density at radius 2 is 1.89 bits per heavy atom. The molecule has 0 aromatic heterocycles. The van der Waals surface area contributed by atoms with Crippen molar-refractivity contribution in [1.29, 1.82) is 0 Å². The van der Waals surface area contributed by atoms with E-state index in [1.807, 2.05) is 0 Å². The average Bonchev–Trinajstić information content (AvgIpc) is 2.39. The minimum absolute atomic E-state index is 0.291. The van der Waals surface area contributed by atoms with Crippen LogP contribution >= 0.6 is 0 Å². The van der Waals surface area contributed by atoms with Crippen LogP contribution in [0.2, 0.25) is 0 Å². The number of allylic oxidation sites excluding steroid dienone is 1. The molecule has 0 fully saturated rings. The van der Waals surface area contributed by atoms with Gasteiger partial charge in [-0.25, -0.2) is 0 Å². The number of nitrogens with one attached hydrogen (secondary N) is 1. The molecule has 1 N–H and O–H groups in total. The molecule has 0 saturated heterocycles. The molecule has 0 heterocycles. The van der Waals surface area contributed by atoms with Crippen molar-refractivity contribution in [2.75, 3.05) is 13.2 Å². The van der Waals surface area contributed by atoms with Gasteiger partial charge in [-0.2, -0.15) is 0 Å². The van der Waals surface area contributed by atoms with Gasteiger partial charge in [0, 0.05) is 0 Å². The quantitative estimate of drug-likeness (QED) is 0.550. The second-order valence-electron chi connectivity index (χ2n) is 5.05. The van der Waals surface area contributed by atoms with E-state index in [0.717, 1.165) is 25.3 Å². The molecular formula is C17H27NO. The highest BCUT2D eigenvalue weighted by Gasteiger charge is 2.06. The maximum absolute atomic E-state index is 5.69. The maximum atomic E-state index is 5.69. The summed E-state index contributed by atoms with van der Waals surface area (Å²) in [6, 6.07) is 8.71. The number of benzene rings is 1. The van der Waals surface area contributed by atoms with E-state index in [1.165, 1.54) is 17.6 Å². The summed E-state index contributed by atoms with van der Waals surface area (Å²) in [7, 11) is 0. The van der Waals surface area contributed by atoms with Gasteiger partial charge in [-0.15, -0.1) is 0 Å². The Hall–Kier alpha value is -1.28. The minimum Gasteiger partial charge on any atom is -0.494 e. The first kappa shape index (κ1) is 15.8. The summed E-state index contributed by atoms with van der Waals surface area (Å²) in [5.74, 6) is 0.963. The van der Waals surface area contributed by atoms with Gasteiger partial charge in [-0.05, 0) is 44.5 Å². The lowest BCUT2D eigenvalue weighted by Gasteiger charge is -2.16. The first-order valence-electron chi connectivity index (χ1n) is 7.28. The van der Waals surface area contributed by atoms with E-state index in [9.17, 15) is 0 Å². The first-order chi connectivity index (χ1) is 9.17. The Kier molecular flexibility index (Phi) is 7.27. The van der Waals surface area contributed by atoms with Crippen molar-refractivity contribution in [3.63, 3.8) is 0 Å². The zero-order valence-corrected chi connectivity index (χ0v) is 12.7. The topological polar surface area (TPSA) is 21.3 Å². The lowest BCUT2D eigenvalue weighted by molar-refractivity contribution is 0.309. The van der Waals surface area contributed by atoms with E-state index in [1.54, 1.807) is 0 Å². The van der Waals surface area contributed by atoms with Crippen molar-refractivity contribution in [3.8, 4) is 5.75 Å². The molecule has 2 heteroatoms. The van der Waals surface area contributed by atoms with Gasteiger partial charge in [0.1, 0.15) is 5.75 Å². The largest absolute Gasteiger partial charge is 0.494 e. The predicted octanol–water partition coefficient (Wildman–Crippen LogP) is 4.48. The number of ether oxygens (including phenoxy) is 1. The normalized spacial score (nSPS) is 12.0. The smallest absolute Gasteiger partial charge is 0.119 e. The van der Waals surface area contributed by atoms with Crippen LogP contribution in [0.3, 0.4) is 0 Å². The summed E-state index contributed by atoms with van der Waals surface area (Å²) >= 11 is 0. The zero-order valence-electron chi connectivity index (χ0n) is 12.7. The number of unbranched alkanes of at least 4 members (excludes halogenated alkanes) is 1. The first-order valence-corrected chi connectivity index (χ1v) is 7.28. The van der Waals surface area contributed by atoms with Crippen molar-refractivity contribution >= 4 is 0 Å². The van der Waals surface area contributed by atoms with Gasteiger partial charge in [0.2, 0.25) is 0 Å². The Morgan fingerprint density at radius 1 is 1.21 bits per heavy atom. The van der Waals surface area contributed by atoms with E-state index in [0.29, 0.717) is 6.04 Å². The molecule has 0 amide bonds. The van der Waals surface area contributed by atoms with Gasteiger partial charge in [0.05, 0.1) is 12.6 Å². The van der Waals surface area contributed by atoms with E-state index in [2.05, 4.69) is 63.4 Å². The fraction of sp³-hybridized carbons (Fsp3) is 0.529. The molecule has 0 radical (unpaired) electrons. The fourth-order valence-corrected chi connectivity index (χ4v) is 1.93. The van der Waals surface area contributed by atoms with Crippen LogP contribution < -0.4 is 10.1 Å². The lowest BCUT2D eigenvalue weighted by atomic mass is 10.0. The highest BCUT2D eigenvalue weighted by Crippen LogP contribution is 2.20. The molecule has 1 unspecified atom stereocenters. The molecule has 0 aliphatic carbocycles. The molecule has 0 aliphatic rings. The molecule has 1 aromatic carbocycles. The van der Waals surface area contributed by atoms with Crippen LogP contribution in [0.1, 0.15) is 52.1 Å². The predicted molar refractivity (Wildman–Crippen MR) is 82.7 cm³/mol. The Labute approximate surface area is 117 Å². The van der Waals surface area contributed by atoms with E-state index in [4.69, 9.17) is 4.74 Å². The number of likely N-dealkylation sites (N-methyl/N-ethyl adjacent to an activating group) is 1. The molecule has 0 saturated carbocycles. The van der Waals surface area contributed by atoms with Crippen molar-refractivity contribution < 1.29 is 4.74 Å². The molecule has 0 bridgehead atoms. The van der Waals surface area contributed by atoms with Crippen LogP contribution in [0, 0.1) is 0 Å². The number of hydrogen-bond donors (Lipinski definition) is 1. The van der Waals surface area contributed by atoms with E-state index in [-0.39, 0.29) is 0 Å². The molecule has 2 nitrogen and oxygen atoms in total. The van der Waals surface area contributed by atoms with Crippen molar-refractivity contribution in [3.05, 3.63) is 41.5 Å². The third-order valence-electron chi connectivity index (χ3n) is 2.93. The van der Waals surface area contributed by atoms with Crippen LogP contribution in [0.25, 0.3) is 0 Å². The van der Waals surface area contributed by atoms with E-state index >= 15 is 0 Å². The van der Waals surface area contributed by atoms with Crippen molar-refractivity contribution in [2.45, 2.75) is 46.6 Å². The molecule has 0 spiro atoms. The highest BCUT2D eigenvalue weighted by atomic mass is 16.5. The van der Waals surface area contributed by atoms with Crippen LogP contribution in [-0.4, -0.2) is 13.2 Å². The van der Waals surface area contributed by atoms with Crippen LogP contribution in [-0.2, 0) is 0 Å². The summed E-state index contributed by atoms with van der Waals surface area (Å²) < 4.78 is 5.69. The third-order valence-corrected chi connectivity index (χ3v) is 2.93. The number of rotatable bonds is 8. The third kappa shape index (κ3) is 5.93.